The monoisotopic (exact) mass is 289 g/mol. The number of nitrogens with two attached hydrogens (primary N) is 1. The Kier molecular flexibility index (Phi) is 5.38. The Balaban J connectivity index is 2.78. The summed E-state index contributed by atoms with van der Waals surface area (Å²) in [4.78, 5) is 0. The first kappa shape index (κ1) is 13.6. The highest BCUT2D eigenvalue weighted by molar-refractivity contribution is 9.10. The second-order valence-electron chi connectivity index (χ2n) is 3.95. The van der Waals surface area contributed by atoms with E-state index in [-0.39, 0.29) is 17.8 Å². The normalized spacial score (nSPS) is 14.8. The Bertz CT molecular complexity index is 346. The Hall–Kier alpha value is -0.450. The molecule has 1 aromatic rings. The summed E-state index contributed by atoms with van der Waals surface area (Å²) in [7, 11) is 1.65. The summed E-state index contributed by atoms with van der Waals surface area (Å²) in [6, 6.07) is 4.55. The maximum atomic E-state index is 13.6. The van der Waals surface area contributed by atoms with Crippen molar-refractivity contribution in [2.24, 2.45) is 11.7 Å². The lowest BCUT2D eigenvalue weighted by atomic mass is 9.93. The average Bonchev–Trinajstić information content (AvgIpc) is 2.28. The van der Waals surface area contributed by atoms with Crippen LogP contribution in [-0.4, -0.2) is 13.7 Å². The topological polar surface area (TPSA) is 35.2 Å². The van der Waals surface area contributed by atoms with Crippen LogP contribution in [0.2, 0.25) is 0 Å². The molecule has 0 fully saturated rings. The molecule has 0 heterocycles. The van der Waals surface area contributed by atoms with Gasteiger partial charge in [-0.2, -0.15) is 0 Å². The van der Waals surface area contributed by atoms with E-state index in [2.05, 4.69) is 15.9 Å². The third-order valence-corrected chi connectivity index (χ3v) is 3.20. The van der Waals surface area contributed by atoms with Crippen molar-refractivity contribution in [1.29, 1.82) is 0 Å². The lowest BCUT2D eigenvalue weighted by Crippen LogP contribution is -2.21. The van der Waals surface area contributed by atoms with Crippen LogP contribution in [0, 0.1) is 11.7 Å². The Morgan fingerprint density at radius 3 is 2.81 bits per heavy atom. The van der Waals surface area contributed by atoms with Crippen molar-refractivity contribution in [3.63, 3.8) is 0 Å². The van der Waals surface area contributed by atoms with Gasteiger partial charge in [0.25, 0.3) is 0 Å². The van der Waals surface area contributed by atoms with Crippen LogP contribution in [0.1, 0.15) is 24.9 Å². The molecular weight excluding hydrogens is 273 g/mol. The smallest absolute Gasteiger partial charge is 0.128 e. The number of ether oxygens (including phenoxy) is 1. The molecule has 0 spiro atoms. The van der Waals surface area contributed by atoms with Crippen molar-refractivity contribution in [3.8, 4) is 0 Å². The molecule has 0 aliphatic carbocycles. The van der Waals surface area contributed by atoms with Crippen molar-refractivity contribution < 1.29 is 9.13 Å². The highest BCUT2D eigenvalue weighted by atomic mass is 79.9. The van der Waals surface area contributed by atoms with Gasteiger partial charge >= 0.3 is 0 Å². The lowest BCUT2D eigenvalue weighted by molar-refractivity contribution is 0.174. The molecule has 2 N–H and O–H groups in total. The molecule has 0 saturated carbocycles. The second kappa shape index (κ2) is 6.33. The summed E-state index contributed by atoms with van der Waals surface area (Å²) in [5.74, 6) is -0.0660. The highest BCUT2D eigenvalue weighted by Crippen LogP contribution is 2.26. The van der Waals surface area contributed by atoms with E-state index in [0.29, 0.717) is 12.2 Å². The van der Waals surface area contributed by atoms with Gasteiger partial charge in [-0.15, -0.1) is 0 Å². The average molecular weight is 290 g/mol. The number of benzene rings is 1. The van der Waals surface area contributed by atoms with Gasteiger partial charge < -0.3 is 10.5 Å². The van der Waals surface area contributed by atoms with Crippen LogP contribution >= 0.6 is 15.9 Å². The van der Waals surface area contributed by atoms with Gasteiger partial charge in [0.2, 0.25) is 0 Å². The quantitative estimate of drug-likeness (QED) is 0.903. The van der Waals surface area contributed by atoms with Crippen LogP contribution in [0.15, 0.2) is 22.7 Å². The SMILES string of the molecule is COCCC(C)C(N)c1cc(Br)ccc1F. The van der Waals surface area contributed by atoms with E-state index in [4.69, 9.17) is 10.5 Å². The Morgan fingerprint density at radius 2 is 2.19 bits per heavy atom. The van der Waals surface area contributed by atoms with Gasteiger partial charge in [0.15, 0.2) is 0 Å². The minimum Gasteiger partial charge on any atom is -0.385 e. The first-order valence-corrected chi connectivity index (χ1v) is 6.05. The lowest BCUT2D eigenvalue weighted by Gasteiger charge is -2.20. The predicted molar refractivity (Wildman–Crippen MR) is 66.7 cm³/mol. The maximum absolute atomic E-state index is 13.6. The van der Waals surface area contributed by atoms with Gasteiger partial charge in [-0.3, -0.25) is 0 Å². The molecule has 0 saturated heterocycles. The van der Waals surface area contributed by atoms with Gasteiger partial charge in [-0.05, 0) is 30.5 Å². The van der Waals surface area contributed by atoms with Gasteiger partial charge in [0, 0.05) is 29.8 Å². The van der Waals surface area contributed by atoms with Crippen molar-refractivity contribution in [1.82, 2.24) is 0 Å². The number of rotatable bonds is 5. The molecule has 0 bridgehead atoms. The van der Waals surface area contributed by atoms with Crippen molar-refractivity contribution in [2.75, 3.05) is 13.7 Å². The molecule has 1 aromatic carbocycles. The van der Waals surface area contributed by atoms with Gasteiger partial charge in [0.1, 0.15) is 5.82 Å². The molecular formula is C12H17BrFNO. The fourth-order valence-corrected chi connectivity index (χ4v) is 1.94. The molecule has 0 radical (unpaired) electrons. The molecule has 0 amide bonds. The molecule has 0 aliphatic rings. The first-order valence-electron chi connectivity index (χ1n) is 5.25. The number of halogens is 2. The number of methoxy groups -OCH3 is 1. The summed E-state index contributed by atoms with van der Waals surface area (Å²) >= 11 is 3.32. The number of hydrogen-bond donors (Lipinski definition) is 1. The van der Waals surface area contributed by atoms with E-state index in [1.54, 1.807) is 19.2 Å². The Labute approximate surface area is 104 Å². The zero-order chi connectivity index (χ0) is 12.1. The molecule has 0 aromatic heterocycles. The van der Waals surface area contributed by atoms with Gasteiger partial charge in [-0.25, -0.2) is 4.39 Å². The van der Waals surface area contributed by atoms with Crippen LogP contribution in [0.4, 0.5) is 4.39 Å². The maximum Gasteiger partial charge on any atom is 0.128 e. The highest BCUT2D eigenvalue weighted by Gasteiger charge is 2.18. The van der Waals surface area contributed by atoms with Crippen LogP contribution in [0.25, 0.3) is 0 Å². The minimum atomic E-state index is -0.298. The summed E-state index contributed by atoms with van der Waals surface area (Å²) in [5.41, 5.74) is 6.59. The van der Waals surface area contributed by atoms with E-state index in [1.807, 2.05) is 6.92 Å². The third-order valence-electron chi connectivity index (χ3n) is 2.71. The fraction of sp³-hybridized carbons (Fsp3) is 0.500. The molecule has 1 rings (SSSR count). The molecule has 2 atom stereocenters. The molecule has 0 aliphatic heterocycles. The summed E-state index contributed by atoms with van der Waals surface area (Å²) in [6.07, 6.45) is 0.823. The first-order chi connectivity index (χ1) is 7.56. The predicted octanol–water partition coefficient (Wildman–Crippen LogP) is 3.26. The molecule has 16 heavy (non-hydrogen) atoms. The van der Waals surface area contributed by atoms with Gasteiger partial charge in [-0.1, -0.05) is 22.9 Å². The van der Waals surface area contributed by atoms with E-state index >= 15 is 0 Å². The number of hydrogen-bond acceptors (Lipinski definition) is 2. The van der Waals surface area contributed by atoms with Crippen molar-refractivity contribution in [2.45, 2.75) is 19.4 Å². The van der Waals surface area contributed by atoms with E-state index in [9.17, 15) is 4.39 Å². The van der Waals surface area contributed by atoms with E-state index in [1.165, 1.54) is 6.07 Å². The zero-order valence-electron chi connectivity index (χ0n) is 9.54. The van der Waals surface area contributed by atoms with Crippen molar-refractivity contribution in [3.05, 3.63) is 34.1 Å². The van der Waals surface area contributed by atoms with E-state index < -0.39 is 0 Å². The molecule has 2 nitrogen and oxygen atoms in total. The fourth-order valence-electron chi connectivity index (χ4n) is 1.56. The van der Waals surface area contributed by atoms with Crippen LogP contribution in [0.3, 0.4) is 0 Å². The molecule has 4 heteroatoms. The van der Waals surface area contributed by atoms with Crippen LogP contribution in [0.5, 0.6) is 0 Å². The standard InChI is InChI=1S/C12H17BrFNO/c1-8(5-6-16-2)12(15)10-7-9(13)3-4-11(10)14/h3-4,7-8,12H,5-6,15H2,1-2H3. The van der Waals surface area contributed by atoms with Crippen LogP contribution in [-0.2, 0) is 4.74 Å². The molecule has 2 unspecified atom stereocenters. The molecule has 90 valence electrons. The van der Waals surface area contributed by atoms with E-state index in [0.717, 1.165) is 10.9 Å². The minimum absolute atomic E-state index is 0.184. The van der Waals surface area contributed by atoms with Crippen LogP contribution < -0.4 is 5.73 Å². The zero-order valence-corrected chi connectivity index (χ0v) is 11.1. The van der Waals surface area contributed by atoms with Gasteiger partial charge in [0.05, 0.1) is 0 Å². The second-order valence-corrected chi connectivity index (χ2v) is 4.87. The Morgan fingerprint density at radius 1 is 1.50 bits per heavy atom. The third kappa shape index (κ3) is 3.54. The summed E-state index contributed by atoms with van der Waals surface area (Å²) in [5, 5.41) is 0. The summed E-state index contributed by atoms with van der Waals surface area (Å²) in [6.45, 7) is 2.65. The largest absolute Gasteiger partial charge is 0.385 e. The summed E-state index contributed by atoms with van der Waals surface area (Å²) < 4.78 is 19.4. The van der Waals surface area contributed by atoms with Crippen molar-refractivity contribution >= 4 is 15.9 Å².